The van der Waals surface area contributed by atoms with Gasteiger partial charge in [-0.3, -0.25) is 4.79 Å². The lowest BCUT2D eigenvalue weighted by molar-refractivity contribution is -0.113. The molecule has 0 fully saturated rings. The summed E-state index contributed by atoms with van der Waals surface area (Å²) in [4.78, 5) is 20.4. The number of thioether (sulfide) groups is 1. The van der Waals surface area contributed by atoms with Crippen LogP contribution in [0.1, 0.15) is 0 Å². The topological polar surface area (TPSA) is 54.9 Å². The van der Waals surface area contributed by atoms with Crippen LogP contribution in [0.3, 0.4) is 0 Å². The van der Waals surface area contributed by atoms with Crippen LogP contribution in [-0.4, -0.2) is 21.6 Å². The SMILES string of the molecule is O=C(CSc1ncnc2ccsc12)Nc1cccc(Br)c1. The zero-order valence-corrected chi connectivity index (χ0v) is 14.0. The number of hydrogen-bond donors (Lipinski definition) is 1. The van der Waals surface area contributed by atoms with Crippen LogP contribution in [0.2, 0.25) is 0 Å². The number of nitrogens with one attached hydrogen (secondary N) is 1. The molecule has 0 atom stereocenters. The fraction of sp³-hybridized carbons (Fsp3) is 0.0714. The second-order valence-electron chi connectivity index (χ2n) is 4.16. The first-order valence-corrected chi connectivity index (χ1v) is 8.74. The van der Waals surface area contributed by atoms with Crippen molar-refractivity contribution in [3.8, 4) is 0 Å². The average molecular weight is 380 g/mol. The van der Waals surface area contributed by atoms with Crippen molar-refractivity contribution < 1.29 is 4.79 Å². The highest BCUT2D eigenvalue weighted by atomic mass is 79.9. The molecular weight excluding hydrogens is 370 g/mol. The second kappa shape index (κ2) is 6.55. The van der Waals surface area contributed by atoms with E-state index in [-0.39, 0.29) is 5.91 Å². The average Bonchev–Trinajstić information content (AvgIpc) is 2.94. The van der Waals surface area contributed by atoms with E-state index in [1.165, 1.54) is 18.1 Å². The summed E-state index contributed by atoms with van der Waals surface area (Å²) in [6.07, 6.45) is 1.53. The van der Waals surface area contributed by atoms with Gasteiger partial charge in [0.2, 0.25) is 5.91 Å². The number of thiophene rings is 1. The molecule has 1 aromatic carbocycles. The molecule has 0 aliphatic rings. The molecular formula is C14H10BrN3OS2. The summed E-state index contributed by atoms with van der Waals surface area (Å²) in [5.41, 5.74) is 1.70. The Morgan fingerprint density at radius 3 is 3.10 bits per heavy atom. The molecule has 0 bridgehead atoms. The number of benzene rings is 1. The molecule has 106 valence electrons. The molecule has 21 heavy (non-hydrogen) atoms. The molecule has 1 N–H and O–H groups in total. The van der Waals surface area contributed by atoms with Crippen LogP contribution in [0.5, 0.6) is 0 Å². The van der Waals surface area contributed by atoms with Gasteiger partial charge in [0, 0.05) is 10.2 Å². The van der Waals surface area contributed by atoms with E-state index in [2.05, 4.69) is 31.2 Å². The standard InChI is InChI=1S/C14H10BrN3OS2/c15-9-2-1-3-10(6-9)18-12(19)7-21-14-13-11(4-5-20-13)16-8-17-14/h1-6,8H,7H2,(H,18,19). The molecule has 0 saturated heterocycles. The zero-order valence-electron chi connectivity index (χ0n) is 10.7. The maximum absolute atomic E-state index is 12.0. The number of nitrogens with zero attached hydrogens (tertiary/aromatic N) is 2. The summed E-state index contributed by atoms with van der Waals surface area (Å²) in [6, 6.07) is 9.47. The predicted octanol–water partition coefficient (Wildman–Crippen LogP) is 4.18. The Morgan fingerprint density at radius 1 is 1.33 bits per heavy atom. The minimum Gasteiger partial charge on any atom is -0.325 e. The molecule has 4 nitrogen and oxygen atoms in total. The molecule has 3 rings (SSSR count). The van der Waals surface area contributed by atoms with Crippen LogP contribution in [0, 0.1) is 0 Å². The van der Waals surface area contributed by atoms with Crippen molar-refractivity contribution in [2.75, 3.05) is 11.1 Å². The van der Waals surface area contributed by atoms with Crippen molar-refractivity contribution in [3.63, 3.8) is 0 Å². The van der Waals surface area contributed by atoms with Crippen LogP contribution in [-0.2, 0) is 4.79 Å². The van der Waals surface area contributed by atoms with Crippen molar-refractivity contribution >= 4 is 60.8 Å². The summed E-state index contributed by atoms with van der Waals surface area (Å²) in [6.45, 7) is 0. The zero-order chi connectivity index (χ0) is 14.7. The minimum absolute atomic E-state index is 0.0542. The van der Waals surface area contributed by atoms with E-state index in [9.17, 15) is 4.79 Å². The van der Waals surface area contributed by atoms with Gasteiger partial charge in [-0.05, 0) is 29.6 Å². The number of rotatable bonds is 4. The van der Waals surface area contributed by atoms with Crippen LogP contribution in [0.15, 0.2) is 51.5 Å². The molecule has 0 aliphatic heterocycles. The number of halogens is 1. The largest absolute Gasteiger partial charge is 0.325 e. The summed E-state index contributed by atoms with van der Waals surface area (Å²) >= 11 is 6.39. The molecule has 0 aliphatic carbocycles. The van der Waals surface area contributed by atoms with Crippen molar-refractivity contribution in [3.05, 3.63) is 46.5 Å². The summed E-state index contributed by atoms with van der Waals surface area (Å²) in [7, 11) is 0. The van der Waals surface area contributed by atoms with Gasteiger partial charge in [0.25, 0.3) is 0 Å². The van der Waals surface area contributed by atoms with Gasteiger partial charge in [-0.2, -0.15) is 0 Å². The lowest BCUT2D eigenvalue weighted by atomic mass is 10.3. The molecule has 7 heteroatoms. The fourth-order valence-electron chi connectivity index (χ4n) is 1.77. The highest BCUT2D eigenvalue weighted by Crippen LogP contribution is 2.28. The third kappa shape index (κ3) is 3.61. The maximum Gasteiger partial charge on any atom is 0.234 e. The predicted molar refractivity (Wildman–Crippen MR) is 90.9 cm³/mol. The third-order valence-corrected chi connectivity index (χ3v) is 5.18. The quantitative estimate of drug-likeness (QED) is 0.545. The maximum atomic E-state index is 12.0. The van der Waals surface area contributed by atoms with E-state index in [0.717, 1.165) is 25.4 Å². The highest BCUT2D eigenvalue weighted by Gasteiger charge is 2.09. The lowest BCUT2D eigenvalue weighted by Gasteiger charge is -2.05. The first kappa shape index (κ1) is 14.5. The first-order valence-electron chi connectivity index (χ1n) is 6.09. The molecule has 0 saturated carbocycles. The Bertz CT molecular complexity index is 790. The van der Waals surface area contributed by atoms with Gasteiger partial charge >= 0.3 is 0 Å². The normalized spacial score (nSPS) is 10.7. The molecule has 3 aromatic rings. The van der Waals surface area contributed by atoms with Crippen molar-refractivity contribution in [2.45, 2.75) is 5.03 Å². The highest BCUT2D eigenvalue weighted by molar-refractivity contribution is 9.10. The Morgan fingerprint density at radius 2 is 2.24 bits per heavy atom. The Kier molecular flexibility index (Phi) is 4.52. The molecule has 2 aromatic heterocycles. The van der Waals surface area contributed by atoms with Crippen molar-refractivity contribution in [1.82, 2.24) is 9.97 Å². The number of hydrogen-bond acceptors (Lipinski definition) is 5. The fourth-order valence-corrected chi connectivity index (χ4v) is 3.91. The van der Waals surface area contributed by atoms with E-state index in [0.29, 0.717) is 5.75 Å². The molecule has 2 heterocycles. The molecule has 0 unspecified atom stereocenters. The van der Waals surface area contributed by atoms with E-state index in [1.807, 2.05) is 35.7 Å². The van der Waals surface area contributed by atoms with Gasteiger partial charge in [-0.1, -0.05) is 33.8 Å². The number of carbonyl (C=O) groups excluding carboxylic acids is 1. The Labute approximate surface area is 138 Å². The van der Waals surface area contributed by atoms with Crippen molar-refractivity contribution in [2.24, 2.45) is 0 Å². The van der Waals surface area contributed by atoms with E-state index in [1.54, 1.807) is 11.3 Å². The van der Waals surface area contributed by atoms with Gasteiger partial charge in [0.05, 0.1) is 16.0 Å². The smallest absolute Gasteiger partial charge is 0.234 e. The van der Waals surface area contributed by atoms with Crippen LogP contribution < -0.4 is 5.32 Å². The van der Waals surface area contributed by atoms with Gasteiger partial charge in [-0.15, -0.1) is 11.3 Å². The molecule has 1 amide bonds. The summed E-state index contributed by atoms with van der Waals surface area (Å²) < 4.78 is 1.96. The Balaban J connectivity index is 1.65. The van der Waals surface area contributed by atoms with Crippen LogP contribution in [0.25, 0.3) is 10.2 Å². The summed E-state index contributed by atoms with van der Waals surface area (Å²) in [5.74, 6) is 0.262. The number of amides is 1. The van der Waals surface area contributed by atoms with Gasteiger partial charge < -0.3 is 5.32 Å². The van der Waals surface area contributed by atoms with E-state index < -0.39 is 0 Å². The van der Waals surface area contributed by atoms with Gasteiger partial charge in [-0.25, -0.2) is 9.97 Å². The monoisotopic (exact) mass is 379 g/mol. The molecule has 0 radical (unpaired) electrons. The van der Waals surface area contributed by atoms with E-state index in [4.69, 9.17) is 0 Å². The van der Waals surface area contributed by atoms with Crippen LogP contribution in [0.4, 0.5) is 5.69 Å². The Hall–Kier alpha value is -1.44. The number of fused-ring (bicyclic) bond motifs is 1. The number of carbonyl (C=O) groups is 1. The third-order valence-electron chi connectivity index (χ3n) is 2.66. The first-order chi connectivity index (χ1) is 10.2. The molecule has 0 spiro atoms. The van der Waals surface area contributed by atoms with E-state index >= 15 is 0 Å². The second-order valence-corrected chi connectivity index (χ2v) is 6.96. The summed E-state index contributed by atoms with van der Waals surface area (Å²) in [5, 5.41) is 5.69. The lowest BCUT2D eigenvalue weighted by Crippen LogP contribution is -2.14. The van der Waals surface area contributed by atoms with Crippen molar-refractivity contribution in [1.29, 1.82) is 0 Å². The van der Waals surface area contributed by atoms with Gasteiger partial charge in [0.1, 0.15) is 11.4 Å². The number of anilines is 1. The van der Waals surface area contributed by atoms with Crippen LogP contribution >= 0.6 is 39.0 Å². The minimum atomic E-state index is -0.0542. The number of aromatic nitrogens is 2. The van der Waals surface area contributed by atoms with Gasteiger partial charge in [0.15, 0.2) is 0 Å².